The SMILES string of the molecule is COCCCN(CC(=O)N(CCOC)Cc1cccn1C)C(=O)Nc1ccc(Cl)c(Cl)c1. The van der Waals surface area contributed by atoms with E-state index in [2.05, 4.69) is 5.32 Å². The summed E-state index contributed by atoms with van der Waals surface area (Å²) in [5.74, 6) is -0.176. The van der Waals surface area contributed by atoms with Gasteiger partial charge in [-0.15, -0.1) is 0 Å². The lowest BCUT2D eigenvalue weighted by molar-refractivity contribution is -0.133. The molecule has 2 rings (SSSR count). The molecule has 1 aromatic carbocycles. The van der Waals surface area contributed by atoms with Crippen LogP contribution in [0.4, 0.5) is 10.5 Å². The van der Waals surface area contributed by atoms with Crippen molar-refractivity contribution in [1.82, 2.24) is 14.4 Å². The summed E-state index contributed by atoms with van der Waals surface area (Å²) in [6.07, 6.45) is 2.52. The summed E-state index contributed by atoms with van der Waals surface area (Å²) in [6, 6.07) is 8.31. The number of carbonyl (C=O) groups excluding carboxylic acids is 2. The first-order chi connectivity index (χ1) is 15.3. The number of amides is 3. The first-order valence-electron chi connectivity index (χ1n) is 10.2. The normalized spacial score (nSPS) is 10.8. The van der Waals surface area contributed by atoms with E-state index in [0.29, 0.717) is 55.0 Å². The Kier molecular flexibility index (Phi) is 10.8. The molecule has 0 atom stereocenters. The van der Waals surface area contributed by atoms with E-state index in [0.717, 1.165) is 5.69 Å². The summed E-state index contributed by atoms with van der Waals surface area (Å²) in [4.78, 5) is 29.3. The summed E-state index contributed by atoms with van der Waals surface area (Å²) >= 11 is 12.0. The first kappa shape index (κ1) is 26.0. The predicted molar refractivity (Wildman–Crippen MR) is 126 cm³/mol. The number of nitrogens with one attached hydrogen (secondary N) is 1. The summed E-state index contributed by atoms with van der Waals surface area (Å²) in [5, 5.41) is 3.51. The zero-order valence-corrected chi connectivity index (χ0v) is 20.2. The lowest BCUT2D eigenvalue weighted by Crippen LogP contribution is -2.45. The van der Waals surface area contributed by atoms with Gasteiger partial charge in [-0.25, -0.2) is 4.79 Å². The Bertz CT molecular complexity index is 891. The molecule has 0 radical (unpaired) electrons. The number of hydrogen-bond acceptors (Lipinski definition) is 4. The van der Waals surface area contributed by atoms with E-state index in [1.165, 1.54) is 4.90 Å². The lowest BCUT2D eigenvalue weighted by atomic mass is 10.3. The minimum Gasteiger partial charge on any atom is -0.385 e. The molecule has 0 spiro atoms. The fraction of sp³-hybridized carbons (Fsp3) is 0.455. The fourth-order valence-corrected chi connectivity index (χ4v) is 3.34. The Balaban J connectivity index is 2.12. The minimum absolute atomic E-state index is 0.0784. The predicted octanol–water partition coefficient (Wildman–Crippen LogP) is 3.88. The molecule has 0 bridgehead atoms. The van der Waals surface area contributed by atoms with Crippen LogP contribution in [0, 0.1) is 0 Å². The van der Waals surface area contributed by atoms with Crippen LogP contribution in [0.3, 0.4) is 0 Å². The second-order valence-electron chi connectivity index (χ2n) is 7.25. The first-order valence-corrected chi connectivity index (χ1v) is 11.0. The van der Waals surface area contributed by atoms with Crippen LogP contribution in [-0.4, -0.2) is 73.4 Å². The molecule has 8 nitrogen and oxygen atoms in total. The van der Waals surface area contributed by atoms with Gasteiger partial charge in [0.05, 0.1) is 23.2 Å². The molecule has 0 fully saturated rings. The molecular formula is C22H30Cl2N4O4. The summed E-state index contributed by atoms with van der Waals surface area (Å²) < 4.78 is 12.2. The van der Waals surface area contributed by atoms with Gasteiger partial charge in [0.1, 0.15) is 6.54 Å². The standard InChI is InChI=1S/C22H30Cl2N4O4/c1-26-9-4-6-18(26)15-27(11-13-32-3)21(29)16-28(10-5-12-31-2)22(30)25-17-7-8-19(23)20(24)14-17/h4,6-9,14H,5,10-13,15-16H2,1-3H3,(H,25,30). The van der Waals surface area contributed by atoms with Crippen molar-refractivity contribution in [2.45, 2.75) is 13.0 Å². The Hall–Kier alpha value is -2.26. The van der Waals surface area contributed by atoms with E-state index in [1.54, 1.807) is 37.3 Å². The van der Waals surface area contributed by atoms with Gasteiger partial charge in [-0.3, -0.25) is 4.79 Å². The molecule has 1 aromatic heterocycles. The van der Waals surface area contributed by atoms with E-state index in [-0.39, 0.29) is 12.5 Å². The van der Waals surface area contributed by atoms with Crippen LogP contribution >= 0.6 is 23.2 Å². The molecule has 1 N–H and O–H groups in total. The van der Waals surface area contributed by atoms with Gasteiger partial charge < -0.3 is 29.2 Å². The number of aryl methyl sites for hydroxylation is 1. The number of aromatic nitrogens is 1. The number of benzene rings is 1. The molecular weight excluding hydrogens is 455 g/mol. The highest BCUT2D eigenvalue weighted by atomic mass is 35.5. The Labute approximate surface area is 199 Å². The third-order valence-corrected chi connectivity index (χ3v) is 5.62. The summed E-state index contributed by atoms with van der Waals surface area (Å²) in [7, 11) is 5.11. The molecule has 2 aromatic rings. The van der Waals surface area contributed by atoms with E-state index >= 15 is 0 Å². The maximum atomic E-state index is 13.2. The van der Waals surface area contributed by atoms with Crippen LogP contribution in [0.15, 0.2) is 36.5 Å². The monoisotopic (exact) mass is 484 g/mol. The van der Waals surface area contributed by atoms with Crippen molar-refractivity contribution >= 4 is 40.8 Å². The molecule has 3 amide bonds. The number of methoxy groups -OCH3 is 2. The Morgan fingerprint density at radius 2 is 1.78 bits per heavy atom. The number of ether oxygens (including phenoxy) is 2. The number of halogens is 2. The van der Waals surface area contributed by atoms with Crippen LogP contribution in [0.25, 0.3) is 0 Å². The van der Waals surface area contributed by atoms with Crippen molar-refractivity contribution in [2.75, 3.05) is 52.4 Å². The molecule has 176 valence electrons. The Morgan fingerprint density at radius 1 is 1.03 bits per heavy atom. The van der Waals surface area contributed by atoms with Gasteiger partial charge in [0.15, 0.2) is 0 Å². The molecule has 0 aliphatic carbocycles. The zero-order chi connectivity index (χ0) is 23.5. The number of carbonyl (C=O) groups is 2. The molecule has 0 aliphatic rings. The number of anilines is 1. The van der Waals surface area contributed by atoms with E-state index in [4.69, 9.17) is 32.7 Å². The minimum atomic E-state index is -0.404. The van der Waals surface area contributed by atoms with Crippen molar-refractivity contribution in [3.63, 3.8) is 0 Å². The molecule has 32 heavy (non-hydrogen) atoms. The molecule has 0 aliphatic heterocycles. The van der Waals surface area contributed by atoms with Crippen molar-refractivity contribution in [3.05, 3.63) is 52.3 Å². The second kappa shape index (κ2) is 13.3. The second-order valence-corrected chi connectivity index (χ2v) is 8.06. The summed E-state index contributed by atoms with van der Waals surface area (Å²) in [5.41, 5.74) is 1.48. The number of urea groups is 1. The van der Waals surface area contributed by atoms with Crippen molar-refractivity contribution in [1.29, 1.82) is 0 Å². The number of nitrogens with zero attached hydrogens (tertiary/aromatic N) is 3. The molecule has 0 unspecified atom stereocenters. The van der Waals surface area contributed by atoms with Crippen LogP contribution in [0.5, 0.6) is 0 Å². The molecule has 0 saturated carbocycles. The third kappa shape index (κ3) is 8.02. The van der Waals surface area contributed by atoms with Crippen molar-refractivity contribution < 1.29 is 19.1 Å². The van der Waals surface area contributed by atoms with Crippen LogP contribution in [0.1, 0.15) is 12.1 Å². The quantitative estimate of drug-likeness (QED) is 0.463. The van der Waals surface area contributed by atoms with Crippen molar-refractivity contribution in [3.8, 4) is 0 Å². The summed E-state index contributed by atoms with van der Waals surface area (Å²) in [6.45, 7) is 1.99. The molecule has 10 heteroatoms. The van der Waals surface area contributed by atoms with Crippen LogP contribution < -0.4 is 5.32 Å². The molecule has 0 saturated heterocycles. The van der Waals surface area contributed by atoms with E-state index in [9.17, 15) is 9.59 Å². The lowest BCUT2D eigenvalue weighted by Gasteiger charge is -2.28. The Morgan fingerprint density at radius 3 is 2.41 bits per heavy atom. The van der Waals surface area contributed by atoms with Gasteiger partial charge in [0, 0.05) is 58.5 Å². The largest absolute Gasteiger partial charge is 0.385 e. The maximum absolute atomic E-state index is 13.2. The topological polar surface area (TPSA) is 76.0 Å². The van der Waals surface area contributed by atoms with Crippen molar-refractivity contribution in [2.24, 2.45) is 7.05 Å². The molecule has 1 heterocycles. The smallest absolute Gasteiger partial charge is 0.322 e. The van der Waals surface area contributed by atoms with Crippen LogP contribution in [0.2, 0.25) is 10.0 Å². The van der Waals surface area contributed by atoms with Gasteiger partial charge in [0.2, 0.25) is 5.91 Å². The van der Waals surface area contributed by atoms with Gasteiger partial charge in [-0.2, -0.15) is 0 Å². The highest BCUT2D eigenvalue weighted by molar-refractivity contribution is 6.42. The van der Waals surface area contributed by atoms with Crippen LogP contribution in [-0.2, 0) is 27.9 Å². The van der Waals surface area contributed by atoms with Gasteiger partial charge in [-0.05, 0) is 36.8 Å². The average Bonchev–Trinajstić information content (AvgIpc) is 3.17. The zero-order valence-electron chi connectivity index (χ0n) is 18.6. The van der Waals surface area contributed by atoms with Gasteiger partial charge in [-0.1, -0.05) is 23.2 Å². The highest BCUT2D eigenvalue weighted by Crippen LogP contribution is 2.25. The number of hydrogen-bond donors (Lipinski definition) is 1. The van der Waals surface area contributed by atoms with Gasteiger partial charge >= 0.3 is 6.03 Å². The fourth-order valence-electron chi connectivity index (χ4n) is 3.04. The highest BCUT2D eigenvalue weighted by Gasteiger charge is 2.22. The van der Waals surface area contributed by atoms with Gasteiger partial charge in [0.25, 0.3) is 0 Å². The average molecular weight is 485 g/mol. The van der Waals surface area contributed by atoms with E-state index in [1.807, 2.05) is 29.9 Å². The van der Waals surface area contributed by atoms with E-state index < -0.39 is 6.03 Å². The third-order valence-electron chi connectivity index (χ3n) is 4.88. The maximum Gasteiger partial charge on any atom is 0.322 e. The number of rotatable bonds is 12.